The first kappa shape index (κ1) is 21.0. The van der Waals surface area contributed by atoms with Crippen molar-refractivity contribution in [2.75, 3.05) is 6.61 Å². The molecule has 0 bridgehead atoms. The van der Waals surface area contributed by atoms with Crippen molar-refractivity contribution in [2.24, 2.45) is 5.41 Å². The van der Waals surface area contributed by atoms with Gasteiger partial charge in [-0.1, -0.05) is 83.2 Å². The van der Waals surface area contributed by atoms with Crippen LogP contribution in [-0.2, 0) is 9.53 Å². The molecule has 0 saturated carbocycles. The van der Waals surface area contributed by atoms with Crippen molar-refractivity contribution in [1.82, 2.24) is 5.32 Å². The Morgan fingerprint density at radius 3 is 2.46 bits per heavy atom. The lowest BCUT2D eigenvalue weighted by atomic mass is 9.71. The van der Waals surface area contributed by atoms with Crippen LogP contribution in [-0.4, -0.2) is 18.6 Å². The van der Waals surface area contributed by atoms with Crippen LogP contribution in [0.5, 0.6) is 0 Å². The zero-order chi connectivity index (χ0) is 18.8. The number of rotatable bonds is 11. The average molecular weight is 360 g/mol. The number of benzene rings is 1. The highest BCUT2D eigenvalue weighted by Crippen LogP contribution is 2.43. The smallest absolute Gasteiger partial charge is 0.249 e. The van der Waals surface area contributed by atoms with Crippen LogP contribution in [0.3, 0.4) is 0 Å². The molecule has 3 nitrogen and oxygen atoms in total. The van der Waals surface area contributed by atoms with Crippen molar-refractivity contribution in [3.8, 4) is 0 Å². The van der Waals surface area contributed by atoms with Gasteiger partial charge >= 0.3 is 0 Å². The molecule has 1 aliphatic rings. The van der Waals surface area contributed by atoms with Gasteiger partial charge < -0.3 is 10.1 Å². The van der Waals surface area contributed by atoms with E-state index in [1.165, 1.54) is 37.7 Å². The molecule has 1 fully saturated rings. The summed E-state index contributed by atoms with van der Waals surface area (Å²) in [6, 6.07) is 10.6. The van der Waals surface area contributed by atoms with Gasteiger partial charge in [0.05, 0.1) is 6.04 Å². The second kappa shape index (κ2) is 10.7. The van der Waals surface area contributed by atoms with E-state index in [4.69, 9.17) is 4.74 Å². The molecule has 1 amide bonds. The minimum atomic E-state index is -0.271. The van der Waals surface area contributed by atoms with Crippen LogP contribution in [0.2, 0.25) is 0 Å². The zero-order valence-electron chi connectivity index (χ0n) is 16.9. The molecule has 0 spiro atoms. The molecule has 1 aromatic carbocycles. The van der Waals surface area contributed by atoms with Crippen molar-refractivity contribution in [2.45, 2.75) is 90.7 Å². The summed E-state index contributed by atoms with van der Waals surface area (Å²) in [6.45, 7) is 7.57. The van der Waals surface area contributed by atoms with Gasteiger partial charge in [-0.3, -0.25) is 4.79 Å². The number of carbonyl (C=O) groups is 1. The highest BCUT2D eigenvalue weighted by atomic mass is 16.5. The van der Waals surface area contributed by atoms with Crippen molar-refractivity contribution in [3.63, 3.8) is 0 Å². The maximum Gasteiger partial charge on any atom is 0.249 e. The quantitative estimate of drug-likeness (QED) is 0.507. The second-order valence-corrected chi connectivity index (χ2v) is 8.07. The summed E-state index contributed by atoms with van der Waals surface area (Å²) in [4.78, 5) is 12.8. The van der Waals surface area contributed by atoms with Crippen LogP contribution in [0, 0.1) is 5.41 Å². The molecule has 1 N–H and O–H groups in total. The Labute approximate surface area is 159 Å². The third-order valence-electron chi connectivity index (χ3n) is 5.79. The first-order valence-corrected chi connectivity index (χ1v) is 10.6. The van der Waals surface area contributed by atoms with Gasteiger partial charge in [-0.25, -0.2) is 0 Å². The predicted molar refractivity (Wildman–Crippen MR) is 108 cm³/mol. The van der Waals surface area contributed by atoms with Crippen LogP contribution < -0.4 is 5.32 Å². The molecule has 3 atom stereocenters. The summed E-state index contributed by atoms with van der Waals surface area (Å²) in [5.74, 6) is 0.0644. The Bertz CT molecular complexity index is 524. The molecule has 0 aromatic heterocycles. The monoisotopic (exact) mass is 359 g/mol. The normalized spacial score (nSPS) is 20.5. The fraction of sp³-hybridized carbons (Fsp3) is 0.696. The van der Waals surface area contributed by atoms with Crippen molar-refractivity contribution >= 4 is 5.91 Å². The molecule has 1 heterocycles. The van der Waals surface area contributed by atoms with Crippen molar-refractivity contribution < 1.29 is 9.53 Å². The summed E-state index contributed by atoms with van der Waals surface area (Å²) in [7, 11) is 0. The number of hydrogen-bond donors (Lipinski definition) is 1. The molecule has 0 aliphatic carbocycles. The highest BCUT2D eigenvalue weighted by molar-refractivity contribution is 5.81. The Hall–Kier alpha value is -1.35. The molecule has 26 heavy (non-hydrogen) atoms. The maximum absolute atomic E-state index is 12.8. The minimum Gasteiger partial charge on any atom is -0.368 e. The number of amides is 1. The number of carbonyl (C=O) groups excluding carboxylic acids is 1. The van der Waals surface area contributed by atoms with Gasteiger partial charge in [0.15, 0.2) is 0 Å². The summed E-state index contributed by atoms with van der Waals surface area (Å²) in [5, 5.41) is 3.39. The number of ether oxygens (including phenoxy) is 1. The third kappa shape index (κ3) is 5.84. The van der Waals surface area contributed by atoms with Crippen LogP contribution in [0.25, 0.3) is 0 Å². The van der Waals surface area contributed by atoms with Gasteiger partial charge in [0.1, 0.15) is 6.10 Å². The van der Waals surface area contributed by atoms with Crippen LogP contribution >= 0.6 is 0 Å². The van der Waals surface area contributed by atoms with E-state index < -0.39 is 0 Å². The SMILES string of the molecule is CCCCCC(C)(CCCC)[C@H](NC(=O)[C@H]1CCCO1)c1ccccc1. The third-order valence-corrected chi connectivity index (χ3v) is 5.79. The van der Waals surface area contributed by atoms with Crippen LogP contribution in [0.1, 0.15) is 90.2 Å². The average Bonchev–Trinajstić information content (AvgIpc) is 3.20. The van der Waals surface area contributed by atoms with Crippen LogP contribution in [0.4, 0.5) is 0 Å². The number of unbranched alkanes of at least 4 members (excludes halogenated alkanes) is 3. The second-order valence-electron chi connectivity index (χ2n) is 8.07. The zero-order valence-corrected chi connectivity index (χ0v) is 16.9. The lowest BCUT2D eigenvalue weighted by Crippen LogP contribution is -2.43. The van der Waals surface area contributed by atoms with E-state index in [2.05, 4.69) is 50.4 Å². The van der Waals surface area contributed by atoms with Gasteiger partial charge in [0, 0.05) is 6.61 Å². The topological polar surface area (TPSA) is 38.3 Å². The van der Waals surface area contributed by atoms with Gasteiger partial charge in [-0.2, -0.15) is 0 Å². The van der Waals surface area contributed by atoms with E-state index in [-0.39, 0.29) is 23.5 Å². The Morgan fingerprint density at radius 1 is 1.15 bits per heavy atom. The van der Waals surface area contributed by atoms with Crippen molar-refractivity contribution in [3.05, 3.63) is 35.9 Å². The first-order valence-electron chi connectivity index (χ1n) is 10.6. The van der Waals surface area contributed by atoms with Gasteiger partial charge in [0.25, 0.3) is 0 Å². The van der Waals surface area contributed by atoms with E-state index in [1.807, 2.05) is 6.07 Å². The molecular weight excluding hydrogens is 322 g/mol. The standard InChI is InChI=1S/C23H37NO2/c1-4-6-11-17-23(3,16-7-5-2)21(19-13-9-8-10-14-19)24-22(25)20-15-12-18-26-20/h8-10,13-14,20-21H,4-7,11-12,15-18H2,1-3H3,(H,24,25)/t20-,21-,23?/m1/s1. The molecule has 1 aliphatic heterocycles. The summed E-state index contributed by atoms with van der Waals surface area (Å²) < 4.78 is 5.63. The van der Waals surface area contributed by atoms with E-state index in [0.29, 0.717) is 6.61 Å². The first-order chi connectivity index (χ1) is 12.6. The fourth-order valence-electron chi connectivity index (χ4n) is 4.10. The largest absolute Gasteiger partial charge is 0.368 e. The predicted octanol–water partition coefficient (Wildman–Crippen LogP) is 5.80. The molecule has 1 unspecified atom stereocenters. The highest BCUT2D eigenvalue weighted by Gasteiger charge is 2.37. The number of nitrogens with one attached hydrogen (secondary N) is 1. The molecule has 3 heteroatoms. The Balaban J connectivity index is 2.23. The fourth-order valence-corrected chi connectivity index (χ4v) is 4.10. The van der Waals surface area contributed by atoms with Gasteiger partial charge in [-0.05, 0) is 36.7 Å². The summed E-state index contributed by atoms with van der Waals surface area (Å²) in [5.41, 5.74) is 1.29. The molecule has 1 saturated heterocycles. The molecular formula is C23H37NO2. The lowest BCUT2D eigenvalue weighted by molar-refractivity contribution is -0.132. The van der Waals surface area contributed by atoms with E-state index >= 15 is 0 Å². The van der Waals surface area contributed by atoms with E-state index in [1.54, 1.807) is 0 Å². The Morgan fingerprint density at radius 2 is 1.85 bits per heavy atom. The van der Waals surface area contributed by atoms with Gasteiger partial charge in [0.2, 0.25) is 5.91 Å². The lowest BCUT2D eigenvalue weighted by Gasteiger charge is -2.39. The van der Waals surface area contributed by atoms with E-state index in [0.717, 1.165) is 25.7 Å². The molecule has 0 radical (unpaired) electrons. The van der Waals surface area contributed by atoms with E-state index in [9.17, 15) is 4.79 Å². The number of hydrogen-bond acceptors (Lipinski definition) is 2. The molecule has 2 rings (SSSR count). The van der Waals surface area contributed by atoms with Crippen molar-refractivity contribution in [1.29, 1.82) is 0 Å². The maximum atomic E-state index is 12.8. The Kier molecular flexibility index (Phi) is 8.64. The molecule has 146 valence electrons. The summed E-state index contributed by atoms with van der Waals surface area (Å²) >= 11 is 0. The van der Waals surface area contributed by atoms with Gasteiger partial charge in [-0.15, -0.1) is 0 Å². The summed E-state index contributed by atoms with van der Waals surface area (Å²) in [6.07, 6.45) is 9.91. The van der Waals surface area contributed by atoms with Crippen LogP contribution in [0.15, 0.2) is 30.3 Å². The molecule has 1 aromatic rings. The minimum absolute atomic E-state index is 0.0452.